The number of hydrogen-bond donors (Lipinski definition) is 0. The molecule has 1 saturated carbocycles. The Hall–Kier alpha value is -1.06. The first-order valence-electron chi connectivity index (χ1n) is 7.92. The third kappa shape index (κ3) is 3.74. The summed E-state index contributed by atoms with van der Waals surface area (Å²) in [7, 11) is 4.18. The molecule has 1 aliphatic carbocycles. The van der Waals surface area contributed by atoms with Gasteiger partial charge in [0, 0.05) is 59.1 Å². The average Bonchev–Trinajstić information content (AvgIpc) is 3.26. The summed E-state index contributed by atoms with van der Waals surface area (Å²) in [5, 5.41) is 0. The highest BCUT2D eigenvalue weighted by atomic mass is 15.3. The maximum atomic E-state index is 2.66. The van der Waals surface area contributed by atoms with Gasteiger partial charge in [-0.25, -0.2) is 0 Å². The number of benzene rings is 1. The van der Waals surface area contributed by atoms with Crippen molar-refractivity contribution in [3.63, 3.8) is 0 Å². The van der Waals surface area contributed by atoms with Gasteiger partial charge in [0.05, 0.1) is 0 Å². The van der Waals surface area contributed by atoms with Gasteiger partial charge in [0.25, 0.3) is 0 Å². The van der Waals surface area contributed by atoms with Crippen molar-refractivity contribution in [3.8, 4) is 0 Å². The summed E-state index contributed by atoms with van der Waals surface area (Å²) >= 11 is 0. The Morgan fingerprint density at radius 2 is 1.55 bits per heavy atom. The summed E-state index contributed by atoms with van der Waals surface area (Å²) < 4.78 is 0. The number of anilines is 1. The lowest BCUT2D eigenvalue weighted by molar-refractivity contribution is 0.123. The number of hydrogen-bond acceptors (Lipinski definition) is 3. The lowest BCUT2D eigenvalue weighted by Gasteiger charge is -2.34. The lowest BCUT2D eigenvalue weighted by Crippen LogP contribution is -2.46. The maximum absolute atomic E-state index is 2.66. The fraction of sp³-hybridized carbons (Fsp3) is 0.647. The molecule has 20 heavy (non-hydrogen) atoms. The summed E-state index contributed by atoms with van der Waals surface area (Å²) in [4.78, 5) is 7.40. The van der Waals surface area contributed by atoms with E-state index in [1.807, 2.05) is 0 Å². The number of rotatable bonds is 5. The molecule has 1 heterocycles. The van der Waals surface area contributed by atoms with Gasteiger partial charge in [-0.05, 0) is 36.5 Å². The summed E-state index contributed by atoms with van der Waals surface area (Å²) in [5.74, 6) is 1.03. The van der Waals surface area contributed by atoms with E-state index in [1.54, 1.807) is 0 Å². The molecule has 110 valence electrons. The van der Waals surface area contributed by atoms with Crippen LogP contribution in [-0.2, 0) is 6.54 Å². The SMILES string of the molecule is CN(C)c1ccc(CN2CCN(CC3CC3)CC2)cc1. The van der Waals surface area contributed by atoms with Crippen molar-refractivity contribution in [1.29, 1.82) is 0 Å². The smallest absolute Gasteiger partial charge is 0.0361 e. The fourth-order valence-corrected chi connectivity index (χ4v) is 2.95. The summed E-state index contributed by atoms with van der Waals surface area (Å²) in [5.41, 5.74) is 2.72. The van der Waals surface area contributed by atoms with E-state index in [1.165, 1.54) is 56.8 Å². The molecule has 3 nitrogen and oxygen atoms in total. The zero-order valence-electron chi connectivity index (χ0n) is 12.9. The van der Waals surface area contributed by atoms with E-state index in [-0.39, 0.29) is 0 Å². The second kappa shape index (κ2) is 6.15. The Bertz CT molecular complexity index is 414. The van der Waals surface area contributed by atoms with Gasteiger partial charge in [0.2, 0.25) is 0 Å². The van der Waals surface area contributed by atoms with Gasteiger partial charge >= 0.3 is 0 Å². The predicted molar refractivity (Wildman–Crippen MR) is 85.2 cm³/mol. The van der Waals surface area contributed by atoms with E-state index >= 15 is 0 Å². The van der Waals surface area contributed by atoms with E-state index in [0.717, 1.165) is 12.5 Å². The number of piperazine rings is 1. The topological polar surface area (TPSA) is 9.72 Å². The Morgan fingerprint density at radius 3 is 2.10 bits per heavy atom. The van der Waals surface area contributed by atoms with Crippen LogP contribution in [0.15, 0.2) is 24.3 Å². The van der Waals surface area contributed by atoms with Gasteiger partial charge in [-0.3, -0.25) is 4.90 Å². The molecule has 0 aromatic heterocycles. The van der Waals surface area contributed by atoms with E-state index in [2.05, 4.69) is 53.1 Å². The highest BCUT2D eigenvalue weighted by molar-refractivity contribution is 5.45. The molecule has 2 fully saturated rings. The Labute approximate surface area is 123 Å². The molecule has 3 rings (SSSR count). The first kappa shape index (κ1) is 13.9. The van der Waals surface area contributed by atoms with Crippen LogP contribution in [0.4, 0.5) is 5.69 Å². The maximum Gasteiger partial charge on any atom is 0.0361 e. The van der Waals surface area contributed by atoms with Gasteiger partial charge in [0.1, 0.15) is 0 Å². The van der Waals surface area contributed by atoms with Gasteiger partial charge in [-0.15, -0.1) is 0 Å². The largest absolute Gasteiger partial charge is 0.378 e. The van der Waals surface area contributed by atoms with Crippen molar-refractivity contribution in [1.82, 2.24) is 9.80 Å². The van der Waals surface area contributed by atoms with Crippen LogP contribution in [-0.4, -0.2) is 56.6 Å². The molecule has 0 radical (unpaired) electrons. The first-order chi connectivity index (χ1) is 9.70. The molecule has 0 amide bonds. The third-order valence-electron chi connectivity index (χ3n) is 4.54. The zero-order valence-corrected chi connectivity index (χ0v) is 12.9. The second-order valence-electron chi connectivity index (χ2n) is 6.58. The molecule has 0 N–H and O–H groups in total. The third-order valence-corrected chi connectivity index (χ3v) is 4.54. The quantitative estimate of drug-likeness (QED) is 0.815. The van der Waals surface area contributed by atoms with Crippen LogP contribution in [0, 0.1) is 5.92 Å². The van der Waals surface area contributed by atoms with Crippen LogP contribution >= 0.6 is 0 Å². The monoisotopic (exact) mass is 273 g/mol. The van der Waals surface area contributed by atoms with Gasteiger partial charge in [-0.2, -0.15) is 0 Å². The molecule has 3 heteroatoms. The van der Waals surface area contributed by atoms with Crippen molar-refractivity contribution in [3.05, 3.63) is 29.8 Å². The van der Waals surface area contributed by atoms with Crippen molar-refractivity contribution in [2.24, 2.45) is 5.92 Å². The van der Waals surface area contributed by atoms with Gasteiger partial charge < -0.3 is 9.80 Å². The lowest BCUT2D eigenvalue weighted by atomic mass is 10.1. The Balaban J connectivity index is 1.46. The molecule has 0 bridgehead atoms. The van der Waals surface area contributed by atoms with E-state index in [4.69, 9.17) is 0 Å². The Morgan fingerprint density at radius 1 is 0.950 bits per heavy atom. The highest BCUT2D eigenvalue weighted by Gasteiger charge is 2.26. The van der Waals surface area contributed by atoms with Gasteiger partial charge in [0.15, 0.2) is 0 Å². The molecular weight excluding hydrogens is 246 g/mol. The molecule has 0 spiro atoms. The normalized spacial score (nSPS) is 21.1. The summed E-state index contributed by atoms with van der Waals surface area (Å²) in [6.45, 7) is 7.42. The molecular formula is C17H27N3. The van der Waals surface area contributed by atoms with E-state index < -0.39 is 0 Å². The van der Waals surface area contributed by atoms with Gasteiger partial charge in [-0.1, -0.05) is 12.1 Å². The summed E-state index contributed by atoms with van der Waals surface area (Å²) in [6.07, 6.45) is 2.94. The van der Waals surface area contributed by atoms with Crippen LogP contribution in [0.3, 0.4) is 0 Å². The molecule has 1 aromatic rings. The summed E-state index contributed by atoms with van der Waals surface area (Å²) in [6, 6.07) is 8.98. The van der Waals surface area contributed by atoms with Crippen LogP contribution in [0.1, 0.15) is 18.4 Å². The van der Waals surface area contributed by atoms with Crippen molar-refractivity contribution in [2.75, 3.05) is 51.7 Å². The van der Waals surface area contributed by atoms with E-state index in [0.29, 0.717) is 0 Å². The van der Waals surface area contributed by atoms with Crippen LogP contribution in [0.5, 0.6) is 0 Å². The molecule has 0 unspecified atom stereocenters. The predicted octanol–water partition coefficient (Wildman–Crippen LogP) is 2.28. The molecule has 0 atom stereocenters. The minimum absolute atomic E-state index is 1.03. The number of nitrogens with zero attached hydrogens (tertiary/aromatic N) is 3. The van der Waals surface area contributed by atoms with Crippen molar-refractivity contribution < 1.29 is 0 Å². The minimum Gasteiger partial charge on any atom is -0.378 e. The second-order valence-corrected chi connectivity index (χ2v) is 6.58. The minimum atomic E-state index is 1.03. The molecule has 1 aliphatic heterocycles. The highest BCUT2D eigenvalue weighted by Crippen LogP contribution is 2.30. The van der Waals surface area contributed by atoms with Crippen LogP contribution in [0.2, 0.25) is 0 Å². The van der Waals surface area contributed by atoms with Crippen LogP contribution < -0.4 is 4.90 Å². The molecule has 1 saturated heterocycles. The van der Waals surface area contributed by atoms with Crippen molar-refractivity contribution >= 4 is 5.69 Å². The van der Waals surface area contributed by atoms with E-state index in [9.17, 15) is 0 Å². The van der Waals surface area contributed by atoms with Crippen LogP contribution in [0.25, 0.3) is 0 Å². The standard InChI is InChI=1S/C17H27N3/c1-18(2)17-7-5-16(6-8-17)14-20-11-9-19(10-12-20)13-15-3-4-15/h5-8,15H,3-4,9-14H2,1-2H3. The van der Waals surface area contributed by atoms with Crippen molar-refractivity contribution in [2.45, 2.75) is 19.4 Å². The fourth-order valence-electron chi connectivity index (χ4n) is 2.95. The molecule has 1 aromatic carbocycles. The molecule has 2 aliphatic rings. The Kier molecular flexibility index (Phi) is 4.27. The zero-order chi connectivity index (χ0) is 13.9. The average molecular weight is 273 g/mol. The first-order valence-corrected chi connectivity index (χ1v) is 7.92.